The molecule has 0 fully saturated rings. The van der Waals surface area contributed by atoms with Crippen molar-refractivity contribution in [2.75, 3.05) is 5.43 Å². The number of hydrogen-bond acceptors (Lipinski definition) is 4. The molecule has 0 amide bonds. The normalized spacial score (nSPS) is 15.0. The van der Waals surface area contributed by atoms with Crippen LogP contribution in [0.2, 0.25) is 0 Å². The van der Waals surface area contributed by atoms with E-state index in [1.165, 1.54) is 22.7 Å². The largest absolute Gasteiger partial charge is 0.296 e. The maximum Gasteiger partial charge on any atom is 0.209 e. The Kier molecular flexibility index (Phi) is 4.13. The van der Waals surface area contributed by atoms with Crippen LogP contribution in [0, 0.1) is 0 Å². The van der Waals surface area contributed by atoms with Crippen LogP contribution < -0.4 is 10.2 Å². The third-order valence-corrected chi connectivity index (χ3v) is 5.48. The number of thiazole rings is 1. The predicted molar refractivity (Wildman–Crippen MR) is 98.6 cm³/mol. The lowest BCUT2D eigenvalue weighted by Gasteiger charge is -2.11. The maximum absolute atomic E-state index is 4.81. The van der Waals surface area contributed by atoms with E-state index in [2.05, 4.69) is 39.1 Å². The summed E-state index contributed by atoms with van der Waals surface area (Å²) in [4.78, 5) is 7.03. The number of aromatic nitrogens is 1. The fraction of sp³-hybridized carbons (Fsp3) is 0.167. The highest BCUT2D eigenvalue weighted by molar-refractivity contribution is 7.14. The Balaban J connectivity index is 1.81. The van der Waals surface area contributed by atoms with Crippen LogP contribution in [0.3, 0.4) is 0 Å². The first kappa shape index (κ1) is 14.5. The number of nitrogens with zero attached hydrogens (tertiary/aromatic N) is 2. The van der Waals surface area contributed by atoms with Crippen molar-refractivity contribution in [2.45, 2.75) is 19.3 Å². The Labute approximate surface area is 143 Å². The molecule has 0 saturated heterocycles. The highest BCUT2D eigenvalue weighted by Gasteiger charge is 2.12. The molecule has 0 unspecified atom stereocenters. The van der Waals surface area contributed by atoms with Crippen molar-refractivity contribution < 1.29 is 0 Å². The Morgan fingerprint density at radius 1 is 1.04 bits per heavy atom. The number of rotatable bonds is 4. The van der Waals surface area contributed by atoms with Gasteiger partial charge in [0.1, 0.15) is 0 Å². The van der Waals surface area contributed by atoms with E-state index in [0.29, 0.717) is 0 Å². The lowest BCUT2D eigenvalue weighted by atomic mass is 10.3. The van der Waals surface area contributed by atoms with Gasteiger partial charge < -0.3 is 0 Å². The van der Waals surface area contributed by atoms with E-state index < -0.39 is 0 Å². The van der Waals surface area contributed by atoms with E-state index >= 15 is 0 Å². The molecule has 0 atom stereocenters. The smallest absolute Gasteiger partial charge is 0.209 e. The first-order chi connectivity index (χ1) is 11.4. The van der Waals surface area contributed by atoms with Gasteiger partial charge in [-0.25, -0.2) is 9.67 Å². The van der Waals surface area contributed by atoms with Gasteiger partial charge in [0.2, 0.25) is 4.80 Å². The van der Waals surface area contributed by atoms with E-state index in [9.17, 15) is 0 Å². The third kappa shape index (κ3) is 3.16. The predicted octanol–water partition coefficient (Wildman–Crippen LogP) is 5.12. The van der Waals surface area contributed by atoms with Crippen LogP contribution in [0.25, 0.3) is 10.6 Å². The SMILES string of the molecule is C1=C(Nn2c(-c3cccs3)csc2=Nc2ccccc2)CCC1. The van der Waals surface area contributed by atoms with Crippen LogP contribution in [-0.4, -0.2) is 4.68 Å². The molecule has 0 radical (unpaired) electrons. The van der Waals surface area contributed by atoms with E-state index in [-0.39, 0.29) is 0 Å². The molecule has 0 saturated carbocycles. The van der Waals surface area contributed by atoms with E-state index in [1.807, 2.05) is 30.3 Å². The van der Waals surface area contributed by atoms with Crippen LogP contribution in [0.5, 0.6) is 0 Å². The van der Waals surface area contributed by atoms with Crippen LogP contribution >= 0.6 is 22.7 Å². The molecule has 2 heterocycles. The van der Waals surface area contributed by atoms with Gasteiger partial charge in [0.25, 0.3) is 0 Å². The van der Waals surface area contributed by atoms with Crippen molar-refractivity contribution in [2.24, 2.45) is 4.99 Å². The van der Waals surface area contributed by atoms with Gasteiger partial charge in [-0.3, -0.25) is 5.43 Å². The van der Waals surface area contributed by atoms with Gasteiger partial charge in [0.15, 0.2) is 0 Å². The fourth-order valence-electron chi connectivity index (χ4n) is 2.62. The molecule has 0 aliphatic heterocycles. The lowest BCUT2D eigenvalue weighted by Crippen LogP contribution is -2.25. The van der Waals surface area contributed by atoms with E-state index in [4.69, 9.17) is 4.99 Å². The Morgan fingerprint density at radius 3 is 2.70 bits per heavy atom. The first-order valence-electron chi connectivity index (χ1n) is 7.70. The molecule has 4 rings (SSSR count). The van der Waals surface area contributed by atoms with E-state index in [1.54, 1.807) is 22.7 Å². The summed E-state index contributed by atoms with van der Waals surface area (Å²) in [6.45, 7) is 0. The summed E-state index contributed by atoms with van der Waals surface area (Å²) in [5, 5.41) is 4.29. The summed E-state index contributed by atoms with van der Waals surface area (Å²) in [7, 11) is 0. The van der Waals surface area contributed by atoms with Gasteiger partial charge >= 0.3 is 0 Å². The minimum Gasteiger partial charge on any atom is -0.296 e. The van der Waals surface area contributed by atoms with Gasteiger partial charge in [-0.1, -0.05) is 30.3 Å². The number of thiophene rings is 1. The second-order valence-electron chi connectivity index (χ2n) is 5.40. The Hall–Kier alpha value is -2.11. The summed E-state index contributed by atoms with van der Waals surface area (Å²) in [6.07, 6.45) is 5.78. The van der Waals surface area contributed by atoms with Gasteiger partial charge in [0, 0.05) is 11.1 Å². The summed E-state index contributed by atoms with van der Waals surface area (Å²) in [5.74, 6) is 0. The zero-order chi connectivity index (χ0) is 15.5. The summed E-state index contributed by atoms with van der Waals surface area (Å²) in [6, 6.07) is 14.4. The first-order valence-corrected chi connectivity index (χ1v) is 9.46. The summed E-state index contributed by atoms with van der Waals surface area (Å²) in [5.41, 5.74) is 7.00. The van der Waals surface area contributed by atoms with Crippen molar-refractivity contribution in [3.8, 4) is 10.6 Å². The highest BCUT2D eigenvalue weighted by atomic mass is 32.1. The van der Waals surface area contributed by atoms with Crippen LogP contribution in [0.4, 0.5) is 5.69 Å². The van der Waals surface area contributed by atoms with Gasteiger partial charge in [-0.2, -0.15) is 0 Å². The fourth-order valence-corrected chi connectivity index (χ4v) is 4.29. The molecule has 0 bridgehead atoms. The molecule has 3 nitrogen and oxygen atoms in total. The molecule has 1 aromatic carbocycles. The van der Waals surface area contributed by atoms with Gasteiger partial charge in [0.05, 0.1) is 16.3 Å². The minimum atomic E-state index is 0.965. The Bertz CT molecular complexity index is 871. The highest BCUT2D eigenvalue weighted by Crippen LogP contribution is 2.26. The molecule has 116 valence electrons. The van der Waals surface area contributed by atoms with Crippen molar-refractivity contribution in [3.63, 3.8) is 0 Å². The second kappa shape index (κ2) is 6.56. The average Bonchev–Trinajstić information content (AvgIpc) is 3.32. The minimum absolute atomic E-state index is 0.965. The quantitative estimate of drug-likeness (QED) is 0.702. The number of allylic oxidation sites excluding steroid dienone is 2. The number of hydrogen-bond donors (Lipinski definition) is 1. The molecule has 3 aromatic rings. The average molecular weight is 339 g/mol. The van der Waals surface area contributed by atoms with Gasteiger partial charge in [-0.05, 0) is 42.8 Å². The molecule has 1 aliphatic rings. The molecule has 5 heteroatoms. The van der Waals surface area contributed by atoms with Crippen molar-refractivity contribution in [1.29, 1.82) is 0 Å². The summed E-state index contributed by atoms with van der Waals surface area (Å²) >= 11 is 3.42. The van der Waals surface area contributed by atoms with Crippen molar-refractivity contribution in [1.82, 2.24) is 4.68 Å². The molecule has 2 aromatic heterocycles. The maximum atomic E-state index is 4.81. The molecule has 1 N–H and O–H groups in total. The zero-order valence-electron chi connectivity index (χ0n) is 12.6. The number of benzene rings is 1. The molecule has 23 heavy (non-hydrogen) atoms. The van der Waals surface area contributed by atoms with Crippen LogP contribution in [-0.2, 0) is 0 Å². The number of nitrogens with one attached hydrogen (secondary N) is 1. The monoisotopic (exact) mass is 339 g/mol. The van der Waals surface area contributed by atoms with E-state index in [0.717, 1.165) is 23.3 Å². The zero-order valence-corrected chi connectivity index (χ0v) is 14.2. The standard InChI is InChI=1S/C18H17N3S2/c1-2-7-14(8-3-1)19-18-21(20-15-9-4-5-10-15)16(13-23-18)17-11-6-12-22-17/h1-3,6-9,11-13,20H,4-5,10H2. The van der Waals surface area contributed by atoms with Crippen molar-refractivity contribution in [3.05, 3.63) is 69.8 Å². The van der Waals surface area contributed by atoms with Crippen LogP contribution in [0.15, 0.2) is 70.0 Å². The van der Waals surface area contributed by atoms with Gasteiger partial charge in [-0.15, -0.1) is 22.7 Å². The summed E-state index contributed by atoms with van der Waals surface area (Å²) < 4.78 is 2.13. The van der Waals surface area contributed by atoms with Crippen LogP contribution in [0.1, 0.15) is 19.3 Å². The third-order valence-electron chi connectivity index (χ3n) is 3.76. The molecular formula is C18H17N3S2. The Morgan fingerprint density at radius 2 is 1.96 bits per heavy atom. The second-order valence-corrected chi connectivity index (χ2v) is 7.18. The topological polar surface area (TPSA) is 29.3 Å². The molecular weight excluding hydrogens is 322 g/mol. The number of para-hydroxylation sites is 1. The molecule has 0 spiro atoms. The van der Waals surface area contributed by atoms with Crippen molar-refractivity contribution >= 4 is 28.4 Å². The lowest BCUT2D eigenvalue weighted by molar-refractivity contribution is 0.839. The molecule has 1 aliphatic carbocycles.